The van der Waals surface area contributed by atoms with E-state index in [0.29, 0.717) is 40.4 Å². The number of oxazole rings is 1. The van der Waals surface area contributed by atoms with Gasteiger partial charge in [0, 0.05) is 27.9 Å². The number of aromatic nitrogens is 1. The molecule has 1 aliphatic heterocycles. The van der Waals surface area contributed by atoms with Crippen molar-refractivity contribution in [2.75, 3.05) is 12.5 Å². The van der Waals surface area contributed by atoms with Gasteiger partial charge in [-0.2, -0.15) is 0 Å². The molecule has 9 heteroatoms. The maximum Gasteiger partial charge on any atom is 0.232 e. The summed E-state index contributed by atoms with van der Waals surface area (Å²) in [7, 11) is -1.42. The Labute approximate surface area is 180 Å². The van der Waals surface area contributed by atoms with E-state index in [1.165, 1.54) is 0 Å². The Balaban J connectivity index is 1.31. The van der Waals surface area contributed by atoms with Crippen molar-refractivity contribution in [3.8, 4) is 23.0 Å². The van der Waals surface area contributed by atoms with Gasteiger partial charge in [-0.1, -0.05) is 17.7 Å². The van der Waals surface area contributed by atoms with Crippen LogP contribution in [0.15, 0.2) is 46.9 Å². The number of hydrogen-bond acceptors (Lipinski definition) is 6. The number of amides is 1. The lowest BCUT2D eigenvalue weighted by molar-refractivity contribution is -0.118. The van der Waals surface area contributed by atoms with Crippen LogP contribution in [-0.2, 0) is 27.9 Å². The number of nitrogens with zero attached hydrogens (tertiary/aromatic N) is 1. The molecule has 3 aromatic rings. The summed E-state index contributed by atoms with van der Waals surface area (Å²) < 4.78 is 28.7. The van der Waals surface area contributed by atoms with Crippen LogP contribution in [0.1, 0.15) is 17.0 Å². The van der Waals surface area contributed by atoms with Gasteiger partial charge in [0.05, 0.1) is 11.4 Å². The summed E-state index contributed by atoms with van der Waals surface area (Å²) in [5.74, 6) is 2.08. The number of aryl methyl sites for hydroxylation is 1. The fourth-order valence-electron chi connectivity index (χ4n) is 2.93. The molecule has 0 saturated carbocycles. The molecular weight excluding hydrogens is 428 g/mol. The van der Waals surface area contributed by atoms with Crippen molar-refractivity contribution in [3.05, 3.63) is 64.5 Å². The fraction of sp³-hybridized carbons (Fsp3) is 0.238. The maximum absolute atomic E-state index is 12.4. The van der Waals surface area contributed by atoms with Crippen LogP contribution < -0.4 is 14.8 Å². The molecule has 2 heterocycles. The average molecular weight is 447 g/mol. The van der Waals surface area contributed by atoms with Crippen molar-refractivity contribution in [3.63, 3.8) is 0 Å². The molecule has 0 radical (unpaired) electrons. The first-order valence-electron chi connectivity index (χ1n) is 9.20. The second kappa shape index (κ2) is 8.89. The third-order valence-corrected chi connectivity index (χ3v) is 5.93. The number of rotatable bonds is 7. The predicted molar refractivity (Wildman–Crippen MR) is 113 cm³/mol. The minimum absolute atomic E-state index is 0.118. The molecule has 1 aliphatic rings. The summed E-state index contributed by atoms with van der Waals surface area (Å²) in [6.45, 7) is 2.28. The third-order valence-electron chi connectivity index (χ3n) is 4.50. The van der Waals surface area contributed by atoms with E-state index in [4.69, 9.17) is 25.5 Å². The van der Waals surface area contributed by atoms with Crippen LogP contribution >= 0.6 is 11.6 Å². The smallest absolute Gasteiger partial charge is 0.232 e. The van der Waals surface area contributed by atoms with E-state index in [-0.39, 0.29) is 24.2 Å². The molecule has 30 heavy (non-hydrogen) atoms. The van der Waals surface area contributed by atoms with Crippen molar-refractivity contribution >= 4 is 28.3 Å². The highest BCUT2D eigenvalue weighted by Gasteiger charge is 2.17. The number of carbonyl (C=O) groups is 1. The van der Waals surface area contributed by atoms with Gasteiger partial charge >= 0.3 is 0 Å². The molecular formula is C21H19ClN2O5S. The Hall–Kier alpha value is -2.84. The van der Waals surface area contributed by atoms with E-state index >= 15 is 0 Å². The van der Waals surface area contributed by atoms with Crippen LogP contribution in [0.5, 0.6) is 11.5 Å². The SMILES string of the molecule is Cc1oc(-c2ccc(Cl)cc2)nc1C[S@@](=O)CC(=O)NCc1ccc2c(c1)OCO2. The van der Waals surface area contributed by atoms with Gasteiger partial charge in [0.15, 0.2) is 11.5 Å². The third kappa shape index (κ3) is 4.83. The monoisotopic (exact) mass is 446 g/mol. The Bertz CT molecular complexity index is 1100. The van der Waals surface area contributed by atoms with Crippen molar-refractivity contribution < 1.29 is 22.9 Å². The second-order valence-electron chi connectivity index (χ2n) is 6.72. The molecule has 0 saturated heterocycles. The summed E-state index contributed by atoms with van der Waals surface area (Å²) in [6.07, 6.45) is 0. The Morgan fingerprint density at radius 2 is 1.93 bits per heavy atom. The topological polar surface area (TPSA) is 90.7 Å². The Kier molecular flexibility index (Phi) is 6.06. The van der Waals surface area contributed by atoms with Gasteiger partial charge in [-0.05, 0) is 48.9 Å². The van der Waals surface area contributed by atoms with Crippen LogP contribution in [0.4, 0.5) is 0 Å². The van der Waals surface area contributed by atoms with Gasteiger partial charge in [-0.15, -0.1) is 0 Å². The van der Waals surface area contributed by atoms with Crippen molar-refractivity contribution in [1.29, 1.82) is 0 Å². The summed E-state index contributed by atoms with van der Waals surface area (Å²) >= 11 is 5.90. The van der Waals surface area contributed by atoms with Crippen LogP contribution in [0.2, 0.25) is 5.02 Å². The van der Waals surface area contributed by atoms with Crippen LogP contribution in [0.25, 0.3) is 11.5 Å². The summed E-state index contributed by atoms with van der Waals surface area (Å²) in [6, 6.07) is 12.6. The van der Waals surface area contributed by atoms with E-state index in [9.17, 15) is 9.00 Å². The zero-order chi connectivity index (χ0) is 21.1. The predicted octanol–water partition coefficient (Wildman–Crippen LogP) is 3.60. The lowest BCUT2D eigenvalue weighted by Gasteiger charge is -2.06. The summed E-state index contributed by atoms with van der Waals surface area (Å²) in [5, 5.41) is 3.39. The highest BCUT2D eigenvalue weighted by molar-refractivity contribution is 7.84. The highest BCUT2D eigenvalue weighted by atomic mass is 35.5. The zero-order valence-electron chi connectivity index (χ0n) is 16.1. The first-order valence-corrected chi connectivity index (χ1v) is 11.1. The standard InChI is InChI=1S/C21H19ClN2O5S/c1-13-17(24-21(29-13)15-3-5-16(22)6-4-15)10-30(26)11-20(25)23-9-14-2-7-18-19(8-14)28-12-27-18/h2-8H,9-12H2,1H3,(H,23,25)/t30-/m1/s1. The van der Waals surface area contributed by atoms with Gasteiger partial charge in [0.2, 0.25) is 18.6 Å². The molecule has 2 aromatic carbocycles. The molecule has 0 aliphatic carbocycles. The first kappa shape index (κ1) is 20.4. The van der Waals surface area contributed by atoms with Gasteiger partial charge < -0.3 is 19.2 Å². The normalized spacial score (nSPS) is 13.3. The van der Waals surface area contributed by atoms with Crippen molar-refractivity contribution in [2.45, 2.75) is 19.2 Å². The first-order chi connectivity index (χ1) is 14.5. The van der Waals surface area contributed by atoms with Gasteiger partial charge in [0.25, 0.3) is 0 Å². The molecule has 7 nitrogen and oxygen atoms in total. The van der Waals surface area contributed by atoms with Gasteiger partial charge in [-0.25, -0.2) is 4.98 Å². The number of ether oxygens (including phenoxy) is 2. The zero-order valence-corrected chi connectivity index (χ0v) is 17.7. The van der Waals surface area contributed by atoms with E-state index in [0.717, 1.165) is 11.1 Å². The molecule has 0 spiro atoms. The van der Waals surface area contributed by atoms with Gasteiger partial charge in [0.1, 0.15) is 11.5 Å². The molecule has 1 N–H and O–H groups in total. The number of halogens is 1. The highest BCUT2D eigenvalue weighted by Crippen LogP contribution is 2.32. The quantitative estimate of drug-likeness (QED) is 0.596. The van der Waals surface area contributed by atoms with Gasteiger partial charge in [-0.3, -0.25) is 9.00 Å². The fourth-order valence-corrected chi connectivity index (χ4v) is 4.13. The Morgan fingerprint density at radius 3 is 2.73 bits per heavy atom. The van der Waals surface area contributed by atoms with Crippen molar-refractivity contribution in [2.24, 2.45) is 0 Å². The van der Waals surface area contributed by atoms with E-state index in [1.807, 2.05) is 12.1 Å². The van der Waals surface area contributed by atoms with Crippen molar-refractivity contribution in [1.82, 2.24) is 10.3 Å². The molecule has 4 rings (SSSR count). The molecule has 1 aromatic heterocycles. The van der Waals surface area contributed by atoms with Crippen LogP contribution in [0.3, 0.4) is 0 Å². The lowest BCUT2D eigenvalue weighted by Crippen LogP contribution is -2.28. The van der Waals surface area contributed by atoms with E-state index in [2.05, 4.69) is 10.3 Å². The molecule has 1 amide bonds. The molecule has 156 valence electrons. The lowest BCUT2D eigenvalue weighted by atomic mass is 10.2. The Morgan fingerprint density at radius 1 is 1.17 bits per heavy atom. The minimum Gasteiger partial charge on any atom is -0.454 e. The number of benzene rings is 2. The largest absolute Gasteiger partial charge is 0.454 e. The number of fused-ring (bicyclic) bond motifs is 1. The van der Waals surface area contributed by atoms with Crippen LogP contribution in [-0.4, -0.2) is 27.6 Å². The number of nitrogens with one attached hydrogen (secondary N) is 1. The average Bonchev–Trinajstić information content (AvgIpc) is 3.33. The minimum atomic E-state index is -1.42. The van der Waals surface area contributed by atoms with E-state index < -0.39 is 10.8 Å². The molecule has 0 bridgehead atoms. The molecule has 0 unspecified atom stereocenters. The molecule has 1 atom stereocenters. The number of carbonyl (C=O) groups excluding carboxylic acids is 1. The summed E-state index contributed by atoms with van der Waals surface area (Å²) in [4.78, 5) is 16.6. The molecule has 0 fully saturated rings. The van der Waals surface area contributed by atoms with E-state index in [1.54, 1.807) is 37.3 Å². The second-order valence-corrected chi connectivity index (χ2v) is 8.62. The van der Waals surface area contributed by atoms with Crippen LogP contribution in [0, 0.1) is 6.92 Å². The summed E-state index contributed by atoms with van der Waals surface area (Å²) in [5.41, 5.74) is 2.22. The maximum atomic E-state index is 12.4. The number of hydrogen-bond donors (Lipinski definition) is 1.